The zero-order valence-electron chi connectivity index (χ0n) is 10.3. The van der Waals surface area contributed by atoms with E-state index in [0.29, 0.717) is 6.04 Å². The van der Waals surface area contributed by atoms with Crippen LogP contribution in [0.25, 0.3) is 0 Å². The lowest BCUT2D eigenvalue weighted by atomic mass is 10.1. The molecule has 1 fully saturated rings. The molecule has 2 N–H and O–H groups in total. The molecule has 0 aliphatic carbocycles. The number of hydrogen-bond donors (Lipinski definition) is 2. The van der Waals surface area contributed by atoms with Crippen molar-refractivity contribution in [3.8, 4) is 0 Å². The lowest BCUT2D eigenvalue weighted by molar-refractivity contribution is 0.132. The smallest absolute Gasteiger partial charge is 0.0446 e. The van der Waals surface area contributed by atoms with Gasteiger partial charge in [0.05, 0.1) is 0 Å². The third-order valence-corrected chi connectivity index (χ3v) is 3.46. The molecule has 3 heteroatoms. The monoisotopic (exact) mass is 234 g/mol. The van der Waals surface area contributed by atoms with E-state index in [2.05, 4.69) is 40.5 Å². The Morgan fingerprint density at radius 1 is 1.29 bits per heavy atom. The summed E-state index contributed by atoms with van der Waals surface area (Å²) in [5, 5.41) is 12.5. The first-order valence-corrected chi connectivity index (χ1v) is 6.49. The minimum Gasteiger partial charge on any atom is -0.396 e. The van der Waals surface area contributed by atoms with Gasteiger partial charge in [-0.3, -0.25) is 4.90 Å². The minimum atomic E-state index is 0.286. The van der Waals surface area contributed by atoms with Gasteiger partial charge in [-0.2, -0.15) is 0 Å². The molecule has 1 aliphatic heterocycles. The first-order valence-electron chi connectivity index (χ1n) is 6.49. The number of nitrogens with zero attached hydrogens (tertiary/aromatic N) is 1. The third kappa shape index (κ3) is 3.80. The Morgan fingerprint density at radius 2 is 2.12 bits per heavy atom. The molecule has 0 saturated carbocycles. The van der Waals surface area contributed by atoms with Crippen molar-refractivity contribution in [2.75, 3.05) is 32.8 Å². The zero-order chi connectivity index (χ0) is 11.9. The van der Waals surface area contributed by atoms with Crippen molar-refractivity contribution in [1.29, 1.82) is 0 Å². The van der Waals surface area contributed by atoms with Crippen LogP contribution < -0.4 is 5.32 Å². The average Bonchev–Trinajstić information content (AvgIpc) is 2.39. The van der Waals surface area contributed by atoms with Crippen molar-refractivity contribution < 1.29 is 5.11 Å². The predicted molar refractivity (Wildman–Crippen MR) is 70.1 cm³/mol. The summed E-state index contributed by atoms with van der Waals surface area (Å²) in [7, 11) is 0. The van der Waals surface area contributed by atoms with Crippen LogP contribution in [0.5, 0.6) is 0 Å². The molecule has 2 rings (SSSR count). The summed E-state index contributed by atoms with van der Waals surface area (Å²) in [4.78, 5) is 2.50. The SMILES string of the molecule is OCC[C@@H]1CNCCN1CCc1ccccc1. The van der Waals surface area contributed by atoms with Crippen LogP contribution >= 0.6 is 0 Å². The lowest BCUT2D eigenvalue weighted by Crippen LogP contribution is -2.52. The molecule has 1 aromatic carbocycles. The Hall–Kier alpha value is -0.900. The topological polar surface area (TPSA) is 35.5 Å². The fraction of sp³-hybridized carbons (Fsp3) is 0.571. The number of benzene rings is 1. The van der Waals surface area contributed by atoms with Gasteiger partial charge in [-0.1, -0.05) is 30.3 Å². The second kappa shape index (κ2) is 6.74. The van der Waals surface area contributed by atoms with Crippen molar-refractivity contribution in [3.63, 3.8) is 0 Å². The quantitative estimate of drug-likeness (QED) is 0.794. The molecular formula is C14H22N2O. The molecule has 0 amide bonds. The van der Waals surface area contributed by atoms with Gasteiger partial charge in [-0.25, -0.2) is 0 Å². The molecule has 1 heterocycles. The van der Waals surface area contributed by atoms with Gasteiger partial charge in [-0.05, 0) is 18.4 Å². The first-order chi connectivity index (χ1) is 8.40. The largest absolute Gasteiger partial charge is 0.396 e. The Morgan fingerprint density at radius 3 is 2.88 bits per heavy atom. The van der Waals surface area contributed by atoms with E-state index in [-0.39, 0.29) is 6.61 Å². The van der Waals surface area contributed by atoms with Crippen LogP contribution in [0.4, 0.5) is 0 Å². The third-order valence-electron chi connectivity index (χ3n) is 3.46. The Labute approximate surface area is 103 Å². The van der Waals surface area contributed by atoms with Gasteiger partial charge in [0.25, 0.3) is 0 Å². The standard InChI is InChI=1S/C14H22N2O/c17-11-7-14-12-15-8-10-16(14)9-6-13-4-2-1-3-5-13/h1-5,14-15,17H,6-12H2/t14-/m1/s1. The van der Waals surface area contributed by atoms with Crippen molar-refractivity contribution in [2.45, 2.75) is 18.9 Å². The molecule has 1 aromatic rings. The number of nitrogens with one attached hydrogen (secondary N) is 1. The van der Waals surface area contributed by atoms with E-state index in [1.807, 2.05) is 0 Å². The maximum Gasteiger partial charge on any atom is 0.0446 e. The van der Waals surface area contributed by atoms with E-state index in [9.17, 15) is 0 Å². The number of aliphatic hydroxyl groups is 1. The van der Waals surface area contributed by atoms with E-state index in [1.54, 1.807) is 0 Å². The summed E-state index contributed by atoms with van der Waals surface area (Å²) in [6.45, 7) is 4.55. The zero-order valence-corrected chi connectivity index (χ0v) is 10.3. The lowest BCUT2D eigenvalue weighted by Gasteiger charge is -2.36. The molecule has 0 aromatic heterocycles. The van der Waals surface area contributed by atoms with Gasteiger partial charge in [0.2, 0.25) is 0 Å². The Bertz CT molecular complexity index is 313. The van der Waals surface area contributed by atoms with Crippen LogP contribution in [-0.4, -0.2) is 48.8 Å². The fourth-order valence-electron chi connectivity index (χ4n) is 2.45. The molecule has 17 heavy (non-hydrogen) atoms. The molecule has 1 saturated heterocycles. The predicted octanol–water partition coefficient (Wildman–Crippen LogP) is 0.885. The van der Waals surface area contributed by atoms with Gasteiger partial charge < -0.3 is 10.4 Å². The summed E-state index contributed by atoms with van der Waals surface area (Å²) in [6.07, 6.45) is 1.98. The highest BCUT2D eigenvalue weighted by atomic mass is 16.3. The number of aliphatic hydroxyl groups excluding tert-OH is 1. The normalized spacial score (nSPS) is 21.6. The van der Waals surface area contributed by atoms with E-state index >= 15 is 0 Å². The highest BCUT2D eigenvalue weighted by molar-refractivity contribution is 5.14. The molecule has 0 radical (unpaired) electrons. The molecule has 1 atom stereocenters. The molecule has 1 aliphatic rings. The molecular weight excluding hydrogens is 212 g/mol. The second-order valence-corrected chi connectivity index (χ2v) is 4.64. The summed E-state index contributed by atoms with van der Waals surface area (Å²) in [6, 6.07) is 11.1. The van der Waals surface area contributed by atoms with Crippen molar-refractivity contribution in [2.24, 2.45) is 0 Å². The van der Waals surface area contributed by atoms with E-state index in [0.717, 1.165) is 39.0 Å². The van der Waals surface area contributed by atoms with Crippen molar-refractivity contribution in [1.82, 2.24) is 10.2 Å². The summed E-state index contributed by atoms with van der Waals surface area (Å²) in [5.74, 6) is 0. The summed E-state index contributed by atoms with van der Waals surface area (Å²) < 4.78 is 0. The number of rotatable bonds is 5. The van der Waals surface area contributed by atoms with Crippen LogP contribution in [0, 0.1) is 0 Å². The fourth-order valence-corrected chi connectivity index (χ4v) is 2.45. The maximum absolute atomic E-state index is 9.07. The second-order valence-electron chi connectivity index (χ2n) is 4.64. The van der Waals surface area contributed by atoms with E-state index in [1.165, 1.54) is 5.56 Å². The van der Waals surface area contributed by atoms with Crippen LogP contribution in [0.1, 0.15) is 12.0 Å². The Balaban J connectivity index is 1.84. The Kier molecular flexibility index (Phi) is 4.98. The summed E-state index contributed by atoms with van der Waals surface area (Å²) in [5.41, 5.74) is 1.40. The molecule has 94 valence electrons. The average molecular weight is 234 g/mol. The number of hydrogen-bond acceptors (Lipinski definition) is 3. The van der Waals surface area contributed by atoms with Gasteiger partial charge in [0, 0.05) is 38.8 Å². The molecule has 0 unspecified atom stereocenters. The summed E-state index contributed by atoms with van der Waals surface area (Å²) >= 11 is 0. The molecule has 3 nitrogen and oxygen atoms in total. The van der Waals surface area contributed by atoms with Crippen LogP contribution in [0.2, 0.25) is 0 Å². The van der Waals surface area contributed by atoms with Crippen LogP contribution in [0.15, 0.2) is 30.3 Å². The van der Waals surface area contributed by atoms with Gasteiger partial charge >= 0.3 is 0 Å². The molecule has 0 spiro atoms. The van der Waals surface area contributed by atoms with E-state index < -0.39 is 0 Å². The van der Waals surface area contributed by atoms with Gasteiger partial charge in [-0.15, -0.1) is 0 Å². The van der Waals surface area contributed by atoms with Crippen molar-refractivity contribution >= 4 is 0 Å². The van der Waals surface area contributed by atoms with Gasteiger partial charge in [0.1, 0.15) is 0 Å². The van der Waals surface area contributed by atoms with Crippen LogP contribution in [-0.2, 0) is 6.42 Å². The first kappa shape index (κ1) is 12.6. The van der Waals surface area contributed by atoms with E-state index in [4.69, 9.17) is 5.11 Å². The van der Waals surface area contributed by atoms with Gasteiger partial charge in [0.15, 0.2) is 0 Å². The number of piperazine rings is 1. The maximum atomic E-state index is 9.07. The molecule has 0 bridgehead atoms. The highest BCUT2D eigenvalue weighted by Gasteiger charge is 2.20. The van der Waals surface area contributed by atoms with Crippen molar-refractivity contribution in [3.05, 3.63) is 35.9 Å². The highest BCUT2D eigenvalue weighted by Crippen LogP contribution is 2.09. The minimum absolute atomic E-state index is 0.286. The van der Waals surface area contributed by atoms with Crippen LogP contribution in [0.3, 0.4) is 0 Å².